The number of hydrazine groups is 1. The van der Waals surface area contributed by atoms with Crippen LogP contribution in [0.2, 0.25) is 5.02 Å². The van der Waals surface area contributed by atoms with Crippen LogP contribution in [0.15, 0.2) is 41.6 Å². The summed E-state index contributed by atoms with van der Waals surface area (Å²) in [6.45, 7) is 0. The second-order valence-electron chi connectivity index (χ2n) is 3.75. The van der Waals surface area contributed by atoms with E-state index < -0.39 is 10.0 Å². The van der Waals surface area contributed by atoms with Crippen LogP contribution in [0.25, 0.3) is 0 Å². The summed E-state index contributed by atoms with van der Waals surface area (Å²) in [5, 5.41) is 0.312. The van der Waals surface area contributed by atoms with E-state index in [2.05, 4.69) is 37.7 Å². The minimum atomic E-state index is -3.83. The molecule has 0 aliphatic rings. The third kappa shape index (κ3) is 3.32. The number of hydrogen-bond acceptors (Lipinski definition) is 5. The molecule has 1 aromatic heterocycles. The highest BCUT2D eigenvalue weighted by Crippen LogP contribution is 2.28. The van der Waals surface area contributed by atoms with Crippen molar-refractivity contribution in [1.29, 1.82) is 0 Å². The van der Waals surface area contributed by atoms with Crippen molar-refractivity contribution in [2.24, 2.45) is 5.84 Å². The predicted octanol–water partition coefficient (Wildman–Crippen LogP) is 2.43. The SMILES string of the molecule is NNc1ccncc1S(=O)(=O)Nc1ccc(I)cc1Cl. The first kappa shape index (κ1) is 15.3. The number of halogens is 2. The van der Waals surface area contributed by atoms with Crippen LogP contribution in [0.4, 0.5) is 11.4 Å². The van der Waals surface area contributed by atoms with E-state index in [0.29, 0.717) is 10.7 Å². The van der Waals surface area contributed by atoms with Gasteiger partial charge in [0.15, 0.2) is 0 Å². The monoisotopic (exact) mass is 424 g/mol. The van der Waals surface area contributed by atoms with Crippen LogP contribution < -0.4 is 16.0 Å². The lowest BCUT2D eigenvalue weighted by Crippen LogP contribution is -2.18. The summed E-state index contributed by atoms with van der Waals surface area (Å²) >= 11 is 8.09. The van der Waals surface area contributed by atoms with Gasteiger partial charge in [0, 0.05) is 16.0 Å². The fourth-order valence-corrected chi connectivity index (χ4v) is 3.64. The molecule has 106 valence electrons. The van der Waals surface area contributed by atoms with Gasteiger partial charge in [0.1, 0.15) is 4.90 Å². The molecular weight excluding hydrogens is 415 g/mol. The minimum Gasteiger partial charge on any atom is -0.323 e. The number of rotatable bonds is 4. The first-order chi connectivity index (χ1) is 9.44. The molecule has 0 saturated carbocycles. The van der Waals surface area contributed by atoms with Gasteiger partial charge in [-0.15, -0.1) is 0 Å². The fraction of sp³-hybridized carbons (Fsp3) is 0. The number of nitrogens with one attached hydrogen (secondary N) is 2. The van der Waals surface area contributed by atoms with Gasteiger partial charge in [0.2, 0.25) is 0 Å². The summed E-state index contributed by atoms with van der Waals surface area (Å²) < 4.78 is 27.9. The summed E-state index contributed by atoms with van der Waals surface area (Å²) in [5.41, 5.74) is 2.85. The maximum atomic E-state index is 12.3. The summed E-state index contributed by atoms with van der Waals surface area (Å²) in [6, 6.07) is 6.46. The molecule has 0 radical (unpaired) electrons. The number of hydrogen-bond donors (Lipinski definition) is 3. The van der Waals surface area contributed by atoms with Gasteiger partial charge >= 0.3 is 0 Å². The van der Waals surface area contributed by atoms with E-state index in [9.17, 15) is 8.42 Å². The Morgan fingerprint density at radius 1 is 1.25 bits per heavy atom. The Hall–Kier alpha value is -1.10. The van der Waals surface area contributed by atoms with E-state index in [1.54, 1.807) is 18.2 Å². The van der Waals surface area contributed by atoms with Gasteiger partial charge in [-0.1, -0.05) is 11.6 Å². The number of nitrogen functional groups attached to an aromatic ring is 1. The van der Waals surface area contributed by atoms with E-state index in [-0.39, 0.29) is 10.6 Å². The first-order valence-corrected chi connectivity index (χ1v) is 8.26. The summed E-state index contributed by atoms with van der Waals surface area (Å²) in [4.78, 5) is 3.73. The Bertz CT molecular complexity index is 739. The smallest absolute Gasteiger partial charge is 0.265 e. The highest BCUT2D eigenvalue weighted by molar-refractivity contribution is 14.1. The van der Waals surface area contributed by atoms with Crippen molar-refractivity contribution in [2.75, 3.05) is 10.1 Å². The van der Waals surface area contributed by atoms with Gasteiger partial charge in [-0.3, -0.25) is 15.5 Å². The van der Waals surface area contributed by atoms with Gasteiger partial charge in [0.05, 0.1) is 16.4 Å². The maximum absolute atomic E-state index is 12.3. The van der Waals surface area contributed by atoms with Gasteiger partial charge in [-0.2, -0.15) is 0 Å². The van der Waals surface area contributed by atoms with Crippen molar-refractivity contribution in [3.8, 4) is 0 Å². The molecule has 0 amide bonds. The highest BCUT2D eigenvalue weighted by Gasteiger charge is 2.19. The lowest BCUT2D eigenvalue weighted by atomic mass is 10.3. The van der Waals surface area contributed by atoms with Crippen molar-refractivity contribution in [2.45, 2.75) is 4.90 Å². The van der Waals surface area contributed by atoms with E-state index >= 15 is 0 Å². The quantitative estimate of drug-likeness (QED) is 0.398. The zero-order chi connectivity index (χ0) is 14.8. The Morgan fingerprint density at radius 2 is 2.00 bits per heavy atom. The Morgan fingerprint density at radius 3 is 2.65 bits per heavy atom. The van der Waals surface area contributed by atoms with Gasteiger partial charge in [-0.05, 0) is 46.9 Å². The van der Waals surface area contributed by atoms with Gasteiger partial charge < -0.3 is 5.43 Å². The Kier molecular flexibility index (Phi) is 4.68. The molecule has 1 heterocycles. The normalized spacial score (nSPS) is 11.2. The number of anilines is 2. The largest absolute Gasteiger partial charge is 0.323 e. The molecule has 0 fully saturated rings. The molecule has 0 aliphatic heterocycles. The number of nitrogens with two attached hydrogens (primary N) is 1. The Balaban J connectivity index is 2.41. The standard InChI is InChI=1S/C11H10ClIN4O2S/c12-8-5-7(13)1-2-9(8)17-20(18,19)11-6-15-4-3-10(11)16-14/h1-6,17H,14H2,(H,15,16). The molecule has 0 unspecified atom stereocenters. The van der Waals surface area contributed by atoms with Crippen molar-refractivity contribution in [3.05, 3.63) is 45.3 Å². The minimum absolute atomic E-state index is 0.0582. The highest BCUT2D eigenvalue weighted by atomic mass is 127. The zero-order valence-corrected chi connectivity index (χ0v) is 13.7. The van der Waals surface area contributed by atoms with Crippen LogP contribution in [0.5, 0.6) is 0 Å². The van der Waals surface area contributed by atoms with Crippen LogP contribution in [-0.2, 0) is 10.0 Å². The molecule has 9 heteroatoms. The Labute approximate surface area is 134 Å². The maximum Gasteiger partial charge on any atom is 0.265 e. The van der Waals surface area contributed by atoms with Crippen LogP contribution in [0, 0.1) is 3.57 Å². The summed E-state index contributed by atoms with van der Waals surface area (Å²) in [7, 11) is -3.83. The van der Waals surface area contributed by atoms with Crippen LogP contribution in [0.3, 0.4) is 0 Å². The average Bonchev–Trinajstić information content (AvgIpc) is 2.42. The second kappa shape index (κ2) is 6.12. The van der Waals surface area contributed by atoms with Gasteiger partial charge in [0.25, 0.3) is 10.0 Å². The average molecular weight is 425 g/mol. The zero-order valence-electron chi connectivity index (χ0n) is 9.97. The van der Waals surface area contributed by atoms with Crippen molar-refractivity contribution in [3.63, 3.8) is 0 Å². The first-order valence-electron chi connectivity index (χ1n) is 5.32. The predicted molar refractivity (Wildman–Crippen MR) is 87.0 cm³/mol. The van der Waals surface area contributed by atoms with Crippen molar-refractivity contribution in [1.82, 2.24) is 4.98 Å². The molecule has 2 aromatic rings. The molecule has 1 aromatic carbocycles. The number of sulfonamides is 1. The molecule has 4 N–H and O–H groups in total. The molecule has 0 atom stereocenters. The van der Waals surface area contributed by atoms with E-state index in [4.69, 9.17) is 17.4 Å². The van der Waals surface area contributed by atoms with Crippen molar-refractivity contribution < 1.29 is 8.42 Å². The third-order valence-electron chi connectivity index (χ3n) is 2.40. The summed E-state index contributed by atoms with van der Waals surface area (Å²) in [5.74, 6) is 5.29. The van der Waals surface area contributed by atoms with E-state index in [1.165, 1.54) is 18.5 Å². The van der Waals surface area contributed by atoms with Gasteiger partial charge in [-0.25, -0.2) is 8.42 Å². The molecule has 0 spiro atoms. The third-order valence-corrected chi connectivity index (χ3v) is 4.78. The van der Waals surface area contributed by atoms with Crippen LogP contribution >= 0.6 is 34.2 Å². The van der Waals surface area contributed by atoms with Crippen LogP contribution in [0.1, 0.15) is 0 Å². The van der Waals surface area contributed by atoms with Crippen molar-refractivity contribution >= 4 is 55.6 Å². The molecule has 6 nitrogen and oxygen atoms in total. The number of nitrogens with zero attached hydrogens (tertiary/aromatic N) is 1. The second-order valence-corrected chi connectivity index (χ2v) is 7.05. The van der Waals surface area contributed by atoms with Crippen LogP contribution in [-0.4, -0.2) is 13.4 Å². The lowest BCUT2D eigenvalue weighted by Gasteiger charge is -2.12. The topological polar surface area (TPSA) is 97.1 Å². The summed E-state index contributed by atoms with van der Waals surface area (Å²) in [6.07, 6.45) is 2.64. The molecule has 0 aliphatic carbocycles. The molecule has 2 rings (SSSR count). The number of pyridine rings is 1. The van der Waals surface area contributed by atoms with E-state index in [0.717, 1.165) is 3.57 Å². The fourth-order valence-electron chi connectivity index (χ4n) is 1.49. The molecule has 20 heavy (non-hydrogen) atoms. The molecule has 0 bridgehead atoms. The van der Waals surface area contributed by atoms with E-state index in [1.807, 2.05) is 0 Å². The number of benzene rings is 1. The lowest BCUT2D eigenvalue weighted by molar-refractivity contribution is 0.601. The number of aromatic nitrogens is 1. The molecular formula is C11H10ClIN4O2S. The molecule has 0 saturated heterocycles.